The van der Waals surface area contributed by atoms with Gasteiger partial charge in [0.15, 0.2) is 11.6 Å². The summed E-state index contributed by atoms with van der Waals surface area (Å²) in [6.45, 7) is 1.85. The predicted octanol–water partition coefficient (Wildman–Crippen LogP) is 3.05. The minimum atomic E-state index is -0.837. The van der Waals surface area contributed by atoms with Crippen LogP contribution >= 0.6 is 0 Å². The lowest BCUT2D eigenvalue weighted by Crippen LogP contribution is -2.09. The van der Waals surface area contributed by atoms with E-state index in [1.165, 1.54) is 6.07 Å². The molecule has 1 aliphatic carbocycles. The van der Waals surface area contributed by atoms with Crippen molar-refractivity contribution in [1.82, 2.24) is 0 Å². The maximum Gasteiger partial charge on any atom is 0.159 e. The number of benzene rings is 1. The fourth-order valence-corrected chi connectivity index (χ4v) is 2.20. The number of hydrogen-bond donors (Lipinski definition) is 0. The topological polar surface area (TPSA) is 17.1 Å². The van der Waals surface area contributed by atoms with Gasteiger partial charge in [0, 0.05) is 12.3 Å². The van der Waals surface area contributed by atoms with Gasteiger partial charge in [0.05, 0.1) is 0 Å². The average Bonchev–Trinajstić information content (AvgIpc) is 2.53. The second kappa shape index (κ2) is 3.72. The van der Waals surface area contributed by atoms with E-state index < -0.39 is 11.6 Å². The highest BCUT2D eigenvalue weighted by atomic mass is 19.2. The third kappa shape index (κ3) is 1.78. The number of hydrogen-bond acceptors (Lipinski definition) is 1. The molecule has 15 heavy (non-hydrogen) atoms. The molecule has 1 aliphatic rings. The molecule has 0 heterocycles. The summed E-state index contributed by atoms with van der Waals surface area (Å²) >= 11 is 0. The fourth-order valence-electron chi connectivity index (χ4n) is 2.20. The molecule has 0 radical (unpaired) electrons. The predicted molar refractivity (Wildman–Crippen MR) is 52.5 cm³/mol. The highest BCUT2D eigenvalue weighted by Gasteiger charge is 2.32. The molecule has 0 aromatic heterocycles. The lowest BCUT2D eigenvalue weighted by molar-refractivity contribution is -0.120. The molecule has 1 aromatic carbocycles. The van der Waals surface area contributed by atoms with Crippen LogP contribution in [0, 0.1) is 17.6 Å². The molecular formula is C12H12F2O. The monoisotopic (exact) mass is 210 g/mol. The second-order valence-electron chi connectivity index (χ2n) is 4.07. The number of carbonyl (C=O) groups is 1. The van der Waals surface area contributed by atoms with E-state index in [0.29, 0.717) is 6.42 Å². The largest absolute Gasteiger partial charge is 0.299 e. The van der Waals surface area contributed by atoms with Crippen molar-refractivity contribution in [3.05, 3.63) is 35.4 Å². The minimum Gasteiger partial charge on any atom is -0.299 e. The van der Waals surface area contributed by atoms with Crippen LogP contribution in [0.15, 0.2) is 18.2 Å². The lowest BCUT2D eigenvalue weighted by Gasteiger charge is -2.14. The molecule has 80 valence electrons. The van der Waals surface area contributed by atoms with Crippen LogP contribution in [0.2, 0.25) is 0 Å². The second-order valence-corrected chi connectivity index (χ2v) is 4.07. The van der Waals surface area contributed by atoms with E-state index in [1.54, 1.807) is 6.07 Å². The Labute approximate surface area is 87.1 Å². The molecule has 1 saturated carbocycles. The SMILES string of the molecule is CC1C(=O)CCC1c1ccc(F)c(F)c1. The molecule has 0 spiro atoms. The summed E-state index contributed by atoms with van der Waals surface area (Å²) in [5.74, 6) is -1.48. The van der Waals surface area contributed by atoms with Crippen LogP contribution in [0.1, 0.15) is 31.2 Å². The Kier molecular flexibility index (Phi) is 2.55. The number of Topliss-reactive ketones (excluding diaryl/α,β-unsaturated/α-hetero) is 1. The van der Waals surface area contributed by atoms with Gasteiger partial charge in [-0.2, -0.15) is 0 Å². The van der Waals surface area contributed by atoms with Crippen LogP contribution in [-0.2, 0) is 4.79 Å². The Morgan fingerprint density at radius 1 is 1.27 bits per heavy atom. The van der Waals surface area contributed by atoms with Crippen molar-refractivity contribution in [2.24, 2.45) is 5.92 Å². The van der Waals surface area contributed by atoms with Crippen molar-refractivity contribution in [3.63, 3.8) is 0 Å². The van der Waals surface area contributed by atoms with Crippen LogP contribution in [0.4, 0.5) is 8.78 Å². The number of carbonyl (C=O) groups excluding carboxylic acids is 1. The summed E-state index contributed by atoms with van der Waals surface area (Å²) in [5, 5.41) is 0. The first-order valence-corrected chi connectivity index (χ1v) is 5.07. The van der Waals surface area contributed by atoms with E-state index in [2.05, 4.69) is 0 Å². The molecule has 0 N–H and O–H groups in total. The van der Waals surface area contributed by atoms with Crippen molar-refractivity contribution in [3.8, 4) is 0 Å². The summed E-state index contributed by atoms with van der Waals surface area (Å²) < 4.78 is 25.7. The van der Waals surface area contributed by atoms with Crippen LogP contribution in [0.3, 0.4) is 0 Å². The van der Waals surface area contributed by atoms with E-state index in [-0.39, 0.29) is 17.6 Å². The number of ketones is 1. The van der Waals surface area contributed by atoms with Crippen LogP contribution < -0.4 is 0 Å². The summed E-state index contributed by atoms with van der Waals surface area (Å²) in [6.07, 6.45) is 1.29. The Bertz CT molecular complexity index is 401. The Balaban J connectivity index is 2.30. The molecular weight excluding hydrogens is 198 g/mol. The van der Waals surface area contributed by atoms with Crippen molar-refractivity contribution in [2.45, 2.75) is 25.7 Å². The van der Waals surface area contributed by atoms with Crippen molar-refractivity contribution in [2.75, 3.05) is 0 Å². The van der Waals surface area contributed by atoms with Crippen LogP contribution in [-0.4, -0.2) is 5.78 Å². The standard InChI is InChI=1S/C12H12F2O/c1-7-9(3-5-12(7)15)8-2-4-10(13)11(14)6-8/h2,4,6-7,9H,3,5H2,1H3. The molecule has 0 amide bonds. The van der Waals surface area contributed by atoms with Gasteiger partial charge in [-0.1, -0.05) is 13.0 Å². The Hall–Kier alpha value is -1.25. The van der Waals surface area contributed by atoms with Gasteiger partial charge < -0.3 is 0 Å². The average molecular weight is 210 g/mol. The first kappa shape index (κ1) is 10.3. The van der Waals surface area contributed by atoms with Crippen LogP contribution in [0.5, 0.6) is 0 Å². The minimum absolute atomic E-state index is 0.0487. The Morgan fingerprint density at radius 3 is 2.53 bits per heavy atom. The van der Waals surface area contributed by atoms with Gasteiger partial charge in [-0.15, -0.1) is 0 Å². The number of halogens is 2. The molecule has 2 unspecified atom stereocenters. The molecule has 0 saturated heterocycles. The zero-order chi connectivity index (χ0) is 11.0. The van der Waals surface area contributed by atoms with E-state index >= 15 is 0 Å². The Morgan fingerprint density at radius 2 is 2.00 bits per heavy atom. The van der Waals surface area contributed by atoms with E-state index in [1.807, 2.05) is 6.92 Å². The molecule has 3 heteroatoms. The smallest absolute Gasteiger partial charge is 0.159 e. The number of rotatable bonds is 1. The highest BCUT2D eigenvalue weighted by Crippen LogP contribution is 2.37. The van der Waals surface area contributed by atoms with Gasteiger partial charge in [0.1, 0.15) is 5.78 Å². The zero-order valence-electron chi connectivity index (χ0n) is 8.47. The van der Waals surface area contributed by atoms with Crippen LogP contribution in [0.25, 0.3) is 0 Å². The van der Waals surface area contributed by atoms with Gasteiger partial charge in [-0.25, -0.2) is 8.78 Å². The molecule has 2 rings (SSSR count). The molecule has 1 aromatic rings. The van der Waals surface area contributed by atoms with E-state index in [9.17, 15) is 13.6 Å². The van der Waals surface area contributed by atoms with Gasteiger partial charge in [-0.3, -0.25) is 4.79 Å². The van der Waals surface area contributed by atoms with Crippen molar-refractivity contribution in [1.29, 1.82) is 0 Å². The summed E-state index contributed by atoms with van der Waals surface area (Å²) in [7, 11) is 0. The molecule has 1 nitrogen and oxygen atoms in total. The summed E-state index contributed by atoms with van der Waals surface area (Å²) in [5.41, 5.74) is 0.729. The maximum absolute atomic E-state index is 13.0. The lowest BCUT2D eigenvalue weighted by atomic mass is 9.90. The van der Waals surface area contributed by atoms with Gasteiger partial charge in [0.2, 0.25) is 0 Å². The van der Waals surface area contributed by atoms with Crippen molar-refractivity contribution < 1.29 is 13.6 Å². The molecule has 0 aliphatic heterocycles. The first-order chi connectivity index (χ1) is 7.09. The zero-order valence-corrected chi connectivity index (χ0v) is 8.47. The van der Waals surface area contributed by atoms with E-state index in [4.69, 9.17) is 0 Å². The first-order valence-electron chi connectivity index (χ1n) is 5.07. The molecule has 2 atom stereocenters. The van der Waals surface area contributed by atoms with Gasteiger partial charge in [0.25, 0.3) is 0 Å². The van der Waals surface area contributed by atoms with Gasteiger partial charge >= 0.3 is 0 Å². The quantitative estimate of drug-likeness (QED) is 0.696. The van der Waals surface area contributed by atoms with E-state index in [0.717, 1.165) is 18.1 Å². The fraction of sp³-hybridized carbons (Fsp3) is 0.417. The highest BCUT2D eigenvalue weighted by molar-refractivity contribution is 5.84. The summed E-state index contributed by atoms with van der Waals surface area (Å²) in [6, 6.07) is 3.90. The third-order valence-corrected chi connectivity index (χ3v) is 3.18. The maximum atomic E-state index is 13.0. The van der Waals surface area contributed by atoms with Gasteiger partial charge in [-0.05, 0) is 30.0 Å². The summed E-state index contributed by atoms with van der Waals surface area (Å²) in [4.78, 5) is 11.3. The molecule has 0 bridgehead atoms. The van der Waals surface area contributed by atoms with Crippen molar-refractivity contribution >= 4 is 5.78 Å². The normalized spacial score (nSPS) is 25.9. The molecule has 1 fully saturated rings. The third-order valence-electron chi connectivity index (χ3n) is 3.18.